The molecule has 42 heavy (non-hydrogen) atoms. The standard InChI is InChI=1S/C38H28N4/c1-4-10-29(11-5-1)32-16-18-35(19-17-32)38-39-41(36-24-20-33(21-25-36)30-12-6-2-7-13-30)28-42(40-38)37-26-22-34(23-27-37)31-14-8-3-9-15-31/h1-28H/q+2. The first kappa shape index (κ1) is 25.2. The Labute approximate surface area is 245 Å². The zero-order chi connectivity index (χ0) is 28.1. The molecule has 0 atom stereocenters. The van der Waals surface area contributed by atoms with E-state index in [4.69, 9.17) is 10.2 Å². The minimum Gasteiger partial charge on any atom is -0.0622 e. The van der Waals surface area contributed by atoms with Gasteiger partial charge in [-0.25, -0.2) is 0 Å². The maximum Gasteiger partial charge on any atom is 0.469 e. The third kappa shape index (κ3) is 5.34. The maximum atomic E-state index is 4.95. The molecule has 0 aliphatic carbocycles. The summed E-state index contributed by atoms with van der Waals surface area (Å²) in [5, 5.41) is 9.91. The zero-order valence-corrected chi connectivity index (χ0v) is 23.0. The van der Waals surface area contributed by atoms with Crippen LogP contribution in [0.5, 0.6) is 0 Å². The van der Waals surface area contributed by atoms with Crippen molar-refractivity contribution >= 4 is 0 Å². The van der Waals surface area contributed by atoms with Crippen molar-refractivity contribution in [3.05, 3.63) is 170 Å². The molecule has 4 nitrogen and oxygen atoms in total. The van der Waals surface area contributed by atoms with Crippen LogP contribution in [-0.2, 0) is 0 Å². The molecule has 6 aromatic carbocycles. The fourth-order valence-electron chi connectivity index (χ4n) is 5.06. The van der Waals surface area contributed by atoms with Crippen LogP contribution in [0.1, 0.15) is 0 Å². The Bertz CT molecular complexity index is 1680. The van der Waals surface area contributed by atoms with E-state index in [1.807, 2.05) is 33.9 Å². The Balaban J connectivity index is 1.29. The molecule has 0 aliphatic rings. The maximum absolute atomic E-state index is 4.95. The van der Waals surface area contributed by atoms with Gasteiger partial charge in [-0.2, -0.15) is 0 Å². The van der Waals surface area contributed by atoms with Crippen LogP contribution in [0, 0.1) is 0 Å². The molecular weight excluding hydrogens is 512 g/mol. The second-order valence-electron chi connectivity index (χ2n) is 10.1. The highest BCUT2D eigenvalue weighted by Crippen LogP contribution is 2.23. The van der Waals surface area contributed by atoms with Crippen LogP contribution in [0.3, 0.4) is 0 Å². The third-order valence-corrected chi connectivity index (χ3v) is 7.35. The third-order valence-electron chi connectivity index (χ3n) is 7.35. The topological polar surface area (TPSA) is 33.5 Å². The van der Waals surface area contributed by atoms with Crippen LogP contribution in [0.2, 0.25) is 0 Å². The van der Waals surface area contributed by atoms with Crippen molar-refractivity contribution in [1.29, 1.82) is 0 Å². The average Bonchev–Trinajstić information content (AvgIpc) is 3.09. The number of aromatic nitrogens is 4. The molecule has 1 heterocycles. The van der Waals surface area contributed by atoms with Crippen molar-refractivity contribution in [2.75, 3.05) is 0 Å². The van der Waals surface area contributed by atoms with Gasteiger partial charge in [0, 0.05) is 49.4 Å². The summed E-state index contributed by atoms with van der Waals surface area (Å²) in [4.78, 5) is 0. The molecular formula is C38H28N4+2. The van der Waals surface area contributed by atoms with Crippen LogP contribution < -0.4 is 9.36 Å². The molecule has 198 valence electrons. The minimum absolute atomic E-state index is 0.636. The Kier molecular flexibility index (Phi) is 6.85. The largest absolute Gasteiger partial charge is 0.469 e. The molecule has 0 fully saturated rings. The smallest absolute Gasteiger partial charge is 0.0622 e. The summed E-state index contributed by atoms with van der Waals surface area (Å²) in [7, 11) is 0. The monoisotopic (exact) mass is 540 g/mol. The van der Waals surface area contributed by atoms with Crippen LogP contribution in [0.4, 0.5) is 0 Å². The van der Waals surface area contributed by atoms with E-state index >= 15 is 0 Å². The highest BCUT2D eigenvalue weighted by molar-refractivity contribution is 5.68. The quantitative estimate of drug-likeness (QED) is 0.203. The molecule has 7 aromatic rings. The van der Waals surface area contributed by atoms with Crippen molar-refractivity contribution < 1.29 is 9.36 Å². The second kappa shape index (κ2) is 11.4. The second-order valence-corrected chi connectivity index (χ2v) is 10.1. The molecule has 0 bridgehead atoms. The first-order valence-corrected chi connectivity index (χ1v) is 14.0. The molecule has 0 saturated heterocycles. The first-order valence-electron chi connectivity index (χ1n) is 14.0. The van der Waals surface area contributed by atoms with E-state index in [2.05, 4.69) is 146 Å². The molecule has 0 spiro atoms. The number of nitrogens with zero attached hydrogens (tertiary/aromatic N) is 4. The summed E-state index contributed by atoms with van der Waals surface area (Å²) < 4.78 is 3.79. The zero-order valence-electron chi connectivity index (χ0n) is 23.0. The summed E-state index contributed by atoms with van der Waals surface area (Å²) >= 11 is 0. The number of hydrogen-bond acceptors (Lipinski definition) is 2. The lowest BCUT2D eigenvalue weighted by atomic mass is 10.0. The predicted molar refractivity (Wildman–Crippen MR) is 167 cm³/mol. The van der Waals surface area contributed by atoms with Crippen molar-refractivity contribution in [3.63, 3.8) is 0 Å². The Morgan fingerprint density at radius 3 is 0.929 bits per heavy atom. The lowest BCUT2D eigenvalue weighted by molar-refractivity contribution is -0.796. The number of hydrogen-bond donors (Lipinski definition) is 0. The predicted octanol–water partition coefficient (Wildman–Crippen LogP) is 7.70. The van der Waals surface area contributed by atoms with Gasteiger partial charge in [0.2, 0.25) is 11.4 Å². The van der Waals surface area contributed by atoms with Crippen molar-refractivity contribution in [1.82, 2.24) is 10.2 Å². The molecule has 0 aliphatic heterocycles. The van der Waals surface area contributed by atoms with Gasteiger partial charge in [0.25, 0.3) is 5.82 Å². The van der Waals surface area contributed by atoms with Gasteiger partial charge in [-0.15, -0.1) is 0 Å². The first-order chi connectivity index (χ1) is 20.8. The fourth-order valence-corrected chi connectivity index (χ4v) is 5.06. The normalized spacial score (nSPS) is 10.9. The minimum atomic E-state index is 0.636. The van der Waals surface area contributed by atoms with Crippen LogP contribution in [-0.4, -0.2) is 10.2 Å². The van der Waals surface area contributed by atoms with E-state index in [-0.39, 0.29) is 0 Å². The molecule has 0 amide bonds. The van der Waals surface area contributed by atoms with E-state index in [1.54, 1.807) is 0 Å². The molecule has 4 heteroatoms. The van der Waals surface area contributed by atoms with E-state index in [0.29, 0.717) is 5.82 Å². The van der Waals surface area contributed by atoms with Crippen LogP contribution >= 0.6 is 0 Å². The highest BCUT2D eigenvalue weighted by Gasteiger charge is 2.23. The van der Waals surface area contributed by atoms with Crippen molar-refractivity contribution in [2.45, 2.75) is 0 Å². The van der Waals surface area contributed by atoms with Crippen molar-refractivity contribution in [3.8, 4) is 56.1 Å². The molecule has 7 rings (SSSR count). The summed E-state index contributed by atoms with van der Waals surface area (Å²) in [5.41, 5.74) is 9.88. The highest BCUT2D eigenvalue weighted by atomic mass is 15.4. The van der Waals surface area contributed by atoms with E-state index in [1.165, 1.54) is 16.7 Å². The molecule has 1 aromatic heterocycles. The average molecular weight is 541 g/mol. The lowest BCUT2D eigenvalue weighted by Crippen LogP contribution is -2.49. The fraction of sp³-hybridized carbons (Fsp3) is 0. The van der Waals surface area contributed by atoms with Gasteiger partial charge in [0.05, 0.1) is 0 Å². The summed E-state index contributed by atoms with van der Waals surface area (Å²) in [5.74, 6) is 0.636. The van der Waals surface area contributed by atoms with Crippen LogP contribution in [0.15, 0.2) is 170 Å². The Morgan fingerprint density at radius 2 is 0.571 bits per heavy atom. The van der Waals surface area contributed by atoms with Gasteiger partial charge in [0.15, 0.2) is 0 Å². The summed E-state index contributed by atoms with van der Waals surface area (Å²) in [6.07, 6.45) is 1.93. The summed E-state index contributed by atoms with van der Waals surface area (Å²) in [6.45, 7) is 0. The van der Waals surface area contributed by atoms with E-state index < -0.39 is 0 Å². The van der Waals surface area contributed by atoms with E-state index in [9.17, 15) is 0 Å². The van der Waals surface area contributed by atoms with Crippen LogP contribution in [0.25, 0.3) is 56.1 Å². The van der Waals surface area contributed by atoms with Gasteiger partial charge in [-0.05, 0) is 57.6 Å². The van der Waals surface area contributed by atoms with Crippen molar-refractivity contribution in [2.24, 2.45) is 0 Å². The van der Waals surface area contributed by atoms with E-state index in [0.717, 1.165) is 33.6 Å². The number of rotatable bonds is 6. The molecule has 0 unspecified atom stereocenters. The SMILES string of the molecule is c1ccc(-c2ccc(-c3n[n+](-c4ccc(-c5ccccc5)cc4)c[n+](-c4ccc(-c5ccccc5)cc4)n3)cc2)cc1. The summed E-state index contributed by atoms with van der Waals surface area (Å²) in [6, 6.07) is 56.5. The Morgan fingerprint density at radius 1 is 0.286 bits per heavy atom. The van der Waals surface area contributed by atoms with Gasteiger partial charge >= 0.3 is 6.33 Å². The lowest BCUT2D eigenvalue weighted by Gasteiger charge is -2.04. The number of benzene rings is 6. The van der Waals surface area contributed by atoms with Gasteiger partial charge in [-0.3, -0.25) is 0 Å². The van der Waals surface area contributed by atoms with Gasteiger partial charge in [0.1, 0.15) is 0 Å². The molecule has 0 N–H and O–H groups in total. The van der Waals surface area contributed by atoms with Gasteiger partial charge < -0.3 is 0 Å². The van der Waals surface area contributed by atoms with Gasteiger partial charge in [-0.1, -0.05) is 115 Å². The molecule has 0 radical (unpaired) electrons. The molecule has 0 saturated carbocycles. The Hall–Kier alpha value is -5.74.